The zero-order chi connectivity index (χ0) is 25.7. The van der Waals surface area contributed by atoms with Gasteiger partial charge in [0.05, 0.1) is 19.1 Å². The molecule has 190 valence electrons. The Hall–Kier alpha value is -3.43. The van der Waals surface area contributed by atoms with Gasteiger partial charge in [-0.15, -0.1) is 0 Å². The Balaban J connectivity index is 1.46. The van der Waals surface area contributed by atoms with Crippen LogP contribution in [0.4, 0.5) is 0 Å². The number of nitrogens with two attached hydrogens (primary N) is 1. The molecule has 2 saturated heterocycles. The van der Waals surface area contributed by atoms with Crippen LogP contribution in [0.25, 0.3) is 0 Å². The first-order valence-corrected chi connectivity index (χ1v) is 12.4. The lowest BCUT2D eigenvalue weighted by Crippen LogP contribution is -2.63. The van der Waals surface area contributed by atoms with E-state index in [2.05, 4.69) is 5.32 Å². The highest BCUT2D eigenvalue weighted by Gasteiger charge is 2.39. The van der Waals surface area contributed by atoms with Gasteiger partial charge >= 0.3 is 0 Å². The number of piperazine rings is 2. The molecule has 2 heterocycles. The molecule has 0 radical (unpaired) electrons. The van der Waals surface area contributed by atoms with Crippen molar-refractivity contribution in [3.8, 4) is 0 Å². The third-order valence-electron chi connectivity index (χ3n) is 6.56. The van der Waals surface area contributed by atoms with E-state index in [0.29, 0.717) is 31.0 Å². The van der Waals surface area contributed by atoms with Gasteiger partial charge < -0.3 is 25.8 Å². The van der Waals surface area contributed by atoms with Gasteiger partial charge in [-0.1, -0.05) is 54.1 Å². The Kier molecular flexibility index (Phi) is 8.22. The minimum atomic E-state index is -0.770. The molecule has 2 unspecified atom stereocenters. The summed E-state index contributed by atoms with van der Waals surface area (Å²) in [5, 5.41) is 3.83. The quantitative estimate of drug-likeness (QED) is 0.534. The van der Waals surface area contributed by atoms with Crippen LogP contribution in [0, 0.1) is 0 Å². The number of hydrogen-bond donors (Lipinski definition) is 2. The van der Waals surface area contributed by atoms with E-state index in [9.17, 15) is 19.2 Å². The fourth-order valence-electron chi connectivity index (χ4n) is 4.78. The third kappa shape index (κ3) is 6.22. The van der Waals surface area contributed by atoms with Gasteiger partial charge in [-0.25, -0.2) is 0 Å². The van der Waals surface area contributed by atoms with Crippen LogP contribution in [0.5, 0.6) is 0 Å². The van der Waals surface area contributed by atoms with Crippen LogP contribution in [-0.4, -0.2) is 89.7 Å². The number of halogens is 1. The summed E-state index contributed by atoms with van der Waals surface area (Å²) in [6.07, 6.45) is 0.776. The Bertz CT molecular complexity index is 1130. The normalized spacial score (nSPS) is 20.5. The van der Waals surface area contributed by atoms with Crippen molar-refractivity contribution in [2.24, 2.45) is 5.73 Å². The Morgan fingerprint density at radius 2 is 1.61 bits per heavy atom. The summed E-state index contributed by atoms with van der Waals surface area (Å²) in [6, 6.07) is 15.5. The smallest absolute Gasteiger partial charge is 0.246 e. The summed E-state index contributed by atoms with van der Waals surface area (Å²) in [5.74, 6) is -1.37. The van der Waals surface area contributed by atoms with Crippen molar-refractivity contribution >= 4 is 35.2 Å². The number of hydrogen-bond acceptors (Lipinski definition) is 5. The van der Waals surface area contributed by atoms with Crippen LogP contribution in [-0.2, 0) is 32.0 Å². The van der Waals surface area contributed by atoms with Gasteiger partial charge in [-0.3, -0.25) is 19.2 Å². The van der Waals surface area contributed by atoms with E-state index in [1.54, 1.807) is 11.0 Å². The van der Waals surface area contributed by atoms with E-state index >= 15 is 0 Å². The lowest BCUT2D eigenvalue weighted by molar-refractivity contribution is -0.154. The molecule has 2 aliphatic rings. The van der Waals surface area contributed by atoms with E-state index in [1.807, 2.05) is 48.5 Å². The van der Waals surface area contributed by atoms with Crippen LogP contribution in [0.1, 0.15) is 11.1 Å². The zero-order valence-corrected chi connectivity index (χ0v) is 20.7. The molecule has 10 heteroatoms. The molecule has 2 fully saturated rings. The average Bonchev–Trinajstić information content (AvgIpc) is 2.84. The summed E-state index contributed by atoms with van der Waals surface area (Å²) in [4.78, 5) is 55.8. The van der Waals surface area contributed by atoms with Gasteiger partial charge in [-0.2, -0.15) is 0 Å². The summed E-state index contributed by atoms with van der Waals surface area (Å²) in [7, 11) is 0. The second kappa shape index (κ2) is 11.5. The molecule has 0 saturated carbocycles. The van der Waals surface area contributed by atoms with Gasteiger partial charge in [-0.05, 0) is 29.7 Å². The highest BCUT2D eigenvalue weighted by atomic mass is 35.5. The molecule has 4 amide bonds. The van der Waals surface area contributed by atoms with E-state index < -0.39 is 18.0 Å². The van der Waals surface area contributed by atoms with Gasteiger partial charge in [0.15, 0.2) is 0 Å². The van der Waals surface area contributed by atoms with Crippen molar-refractivity contribution < 1.29 is 19.2 Å². The Morgan fingerprint density at radius 1 is 0.889 bits per heavy atom. The van der Waals surface area contributed by atoms with Crippen LogP contribution >= 0.6 is 11.6 Å². The first-order chi connectivity index (χ1) is 17.3. The second-order valence-corrected chi connectivity index (χ2v) is 9.56. The average molecular weight is 512 g/mol. The van der Waals surface area contributed by atoms with Gasteiger partial charge in [0.1, 0.15) is 6.04 Å². The lowest BCUT2D eigenvalue weighted by atomic mass is 10.0. The summed E-state index contributed by atoms with van der Waals surface area (Å²) < 4.78 is 0. The molecular formula is C26H30ClN5O4. The standard InChI is InChI=1S/C26H30ClN5O4/c27-20-8-4-7-19(13-20)14-21-25(35)30(10-9-29-21)17-24(34)32-12-11-31(16-23(28)33)26(36)22(32)15-18-5-2-1-3-6-18/h1-8,13,21-22,29H,9-12,14-17H2,(H2,28,33). The number of carbonyl (C=O) groups excluding carboxylic acids is 4. The maximum Gasteiger partial charge on any atom is 0.246 e. The Labute approximate surface area is 215 Å². The number of primary amides is 1. The molecule has 0 aliphatic carbocycles. The first-order valence-electron chi connectivity index (χ1n) is 12.0. The summed E-state index contributed by atoms with van der Waals surface area (Å²) in [6.45, 7) is 1.14. The summed E-state index contributed by atoms with van der Waals surface area (Å²) >= 11 is 6.08. The van der Waals surface area contributed by atoms with Crippen LogP contribution in [0.3, 0.4) is 0 Å². The van der Waals surface area contributed by atoms with Crippen LogP contribution in [0.2, 0.25) is 5.02 Å². The molecule has 0 aromatic heterocycles. The minimum absolute atomic E-state index is 0.110. The highest BCUT2D eigenvalue weighted by Crippen LogP contribution is 2.19. The summed E-state index contributed by atoms with van der Waals surface area (Å²) in [5.41, 5.74) is 7.15. The molecular weight excluding hydrogens is 482 g/mol. The minimum Gasteiger partial charge on any atom is -0.368 e. The molecule has 0 spiro atoms. The molecule has 36 heavy (non-hydrogen) atoms. The van der Waals surface area contributed by atoms with Crippen molar-refractivity contribution in [2.45, 2.75) is 24.9 Å². The van der Waals surface area contributed by atoms with Crippen molar-refractivity contribution in [3.63, 3.8) is 0 Å². The fourth-order valence-corrected chi connectivity index (χ4v) is 4.99. The van der Waals surface area contributed by atoms with Crippen molar-refractivity contribution in [1.29, 1.82) is 0 Å². The first kappa shape index (κ1) is 25.7. The predicted octanol–water partition coefficient (Wildman–Crippen LogP) is 0.450. The molecule has 4 rings (SSSR count). The van der Waals surface area contributed by atoms with Gasteiger partial charge in [0.2, 0.25) is 23.6 Å². The Morgan fingerprint density at radius 3 is 2.33 bits per heavy atom. The van der Waals surface area contributed by atoms with E-state index in [1.165, 1.54) is 9.80 Å². The molecule has 3 N–H and O–H groups in total. The number of amides is 4. The van der Waals surface area contributed by atoms with Crippen molar-refractivity contribution in [3.05, 3.63) is 70.7 Å². The van der Waals surface area contributed by atoms with Gasteiger partial charge in [0, 0.05) is 37.6 Å². The number of benzene rings is 2. The second-order valence-electron chi connectivity index (χ2n) is 9.12. The molecule has 9 nitrogen and oxygen atoms in total. The fraction of sp³-hybridized carbons (Fsp3) is 0.385. The zero-order valence-electron chi connectivity index (χ0n) is 19.9. The maximum absolute atomic E-state index is 13.4. The number of rotatable bonds is 8. The highest BCUT2D eigenvalue weighted by molar-refractivity contribution is 6.30. The molecule has 2 aromatic carbocycles. The predicted molar refractivity (Wildman–Crippen MR) is 135 cm³/mol. The third-order valence-corrected chi connectivity index (χ3v) is 6.79. The van der Waals surface area contributed by atoms with Gasteiger partial charge in [0.25, 0.3) is 0 Å². The number of nitrogens with zero attached hydrogens (tertiary/aromatic N) is 3. The molecule has 2 aliphatic heterocycles. The van der Waals surface area contributed by atoms with E-state index in [0.717, 1.165) is 11.1 Å². The molecule has 2 atom stereocenters. The van der Waals surface area contributed by atoms with E-state index in [4.69, 9.17) is 17.3 Å². The van der Waals surface area contributed by atoms with E-state index in [-0.39, 0.29) is 43.9 Å². The number of carbonyl (C=O) groups is 4. The van der Waals surface area contributed by atoms with Crippen molar-refractivity contribution in [1.82, 2.24) is 20.0 Å². The van der Waals surface area contributed by atoms with Crippen LogP contribution in [0.15, 0.2) is 54.6 Å². The number of nitrogens with one attached hydrogen (secondary N) is 1. The largest absolute Gasteiger partial charge is 0.368 e. The lowest BCUT2D eigenvalue weighted by Gasteiger charge is -2.41. The molecule has 2 aromatic rings. The topological polar surface area (TPSA) is 116 Å². The monoisotopic (exact) mass is 511 g/mol. The van der Waals surface area contributed by atoms with Crippen LogP contribution < -0.4 is 11.1 Å². The molecule has 0 bridgehead atoms. The van der Waals surface area contributed by atoms with Crippen molar-refractivity contribution in [2.75, 3.05) is 39.3 Å². The maximum atomic E-state index is 13.4. The SMILES string of the molecule is NC(=O)CN1CCN(C(=O)CN2CCNC(Cc3cccc(Cl)c3)C2=O)C(Cc2ccccc2)C1=O.